The Bertz CT molecular complexity index is 290. The number of hydrogen-bond acceptors (Lipinski definition) is 5. The molecule has 5 nitrogen and oxygen atoms in total. The van der Waals surface area contributed by atoms with E-state index >= 15 is 0 Å². The Morgan fingerprint density at radius 1 is 1.31 bits per heavy atom. The molecule has 0 amide bonds. The van der Waals surface area contributed by atoms with Crippen molar-refractivity contribution in [2.24, 2.45) is 5.73 Å². The maximum atomic E-state index is 9.51. The van der Waals surface area contributed by atoms with Gasteiger partial charge in [-0.1, -0.05) is 0 Å². The Labute approximate surface area is 94.8 Å². The third-order valence-electron chi connectivity index (χ3n) is 1.98. The van der Waals surface area contributed by atoms with Crippen molar-refractivity contribution in [3.63, 3.8) is 0 Å². The van der Waals surface area contributed by atoms with Gasteiger partial charge < -0.3 is 26.0 Å². The number of hydrogen-bond donors (Lipinski definition) is 4. The lowest BCUT2D eigenvalue weighted by Gasteiger charge is -2.12. The van der Waals surface area contributed by atoms with Gasteiger partial charge in [-0.15, -0.1) is 0 Å². The van der Waals surface area contributed by atoms with Crippen LogP contribution in [0.1, 0.15) is 0 Å². The summed E-state index contributed by atoms with van der Waals surface area (Å²) in [6, 6.07) is 6.37. The van der Waals surface area contributed by atoms with Crippen LogP contribution in [0.2, 0.25) is 0 Å². The van der Waals surface area contributed by atoms with E-state index in [1.807, 2.05) is 0 Å². The maximum absolute atomic E-state index is 9.51. The van der Waals surface area contributed by atoms with Gasteiger partial charge in [-0.2, -0.15) is 0 Å². The van der Waals surface area contributed by atoms with Gasteiger partial charge in [0.25, 0.3) is 0 Å². The number of aliphatic hydroxyl groups is 1. The number of aliphatic hydroxyl groups excluding tert-OH is 1. The minimum Gasteiger partial charge on any atom is -0.508 e. The molecule has 0 unspecified atom stereocenters. The van der Waals surface area contributed by atoms with Crippen LogP contribution in [0.15, 0.2) is 24.3 Å². The molecule has 5 heteroatoms. The van der Waals surface area contributed by atoms with Crippen molar-refractivity contribution >= 4 is 0 Å². The van der Waals surface area contributed by atoms with Crippen molar-refractivity contribution in [3.8, 4) is 11.5 Å². The van der Waals surface area contributed by atoms with Crippen LogP contribution in [-0.4, -0.2) is 42.6 Å². The molecule has 0 aliphatic rings. The molecule has 0 fully saturated rings. The fourth-order valence-electron chi connectivity index (χ4n) is 1.16. The Morgan fingerprint density at radius 2 is 2.00 bits per heavy atom. The zero-order valence-electron chi connectivity index (χ0n) is 9.10. The van der Waals surface area contributed by atoms with E-state index in [2.05, 4.69) is 5.32 Å². The highest BCUT2D eigenvalue weighted by Gasteiger charge is 2.04. The first-order chi connectivity index (χ1) is 7.72. The zero-order valence-corrected chi connectivity index (χ0v) is 9.10. The highest BCUT2D eigenvalue weighted by molar-refractivity contribution is 5.30. The van der Waals surface area contributed by atoms with Crippen LogP contribution in [0.4, 0.5) is 0 Å². The first-order valence-corrected chi connectivity index (χ1v) is 5.23. The molecule has 0 aliphatic carbocycles. The number of ether oxygens (including phenoxy) is 1. The van der Waals surface area contributed by atoms with Gasteiger partial charge in [0.1, 0.15) is 24.2 Å². The van der Waals surface area contributed by atoms with Crippen molar-refractivity contribution in [2.45, 2.75) is 6.10 Å². The van der Waals surface area contributed by atoms with Gasteiger partial charge in [0.05, 0.1) is 0 Å². The third kappa shape index (κ3) is 4.97. The lowest BCUT2D eigenvalue weighted by Crippen LogP contribution is -2.34. The van der Waals surface area contributed by atoms with E-state index in [-0.39, 0.29) is 12.4 Å². The van der Waals surface area contributed by atoms with Crippen LogP contribution in [0.5, 0.6) is 11.5 Å². The molecule has 5 N–H and O–H groups in total. The average Bonchev–Trinajstić information content (AvgIpc) is 2.29. The van der Waals surface area contributed by atoms with E-state index in [0.717, 1.165) is 0 Å². The van der Waals surface area contributed by atoms with Crippen LogP contribution >= 0.6 is 0 Å². The molecule has 1 atom stereocenters. The Hall–Kier alpha value is -1.30. The smallest absolute Gasteiger partial charge is 0.119 e. The summed E-state index contributed by atoms with van der Waals surface area (Å²) in [6.45, 7) is 1.89. The predicted octanol–water partition coefficient (Wildman–Crippen LogP) is -0.320. The Balaban J connectivity index is 2.20. The number of aromatic hydroxyl groups is 1. The van der Waals surface area contributed by atoms with E-state index in [9.17, 15) is 5.11 Å². The van der Waals surface area contributed by atoms with E-state index < -0.39 is 6.10 Å². The second-order valence-corrected chi connectivity index (χ2v) is 3.45. The molecule has 0 spiro atoms. The maximum Gasteiger partial charge on any atom is 0.119 e. The molecule has 0 bridgehead atoms. The number of phenols is 1. The minimum atomic E-state index is -0.569. The van der Waals surface area contributed by atoms with Crippen molar-refractivity contribution in [2.75, 3.05) is 26.2 Å². The number of phenolic OH excluding ortho intramolecular Hbond substituents is 1. The van der Waals surface area contributed by atoms with E-state index in [4.69, 9.17) is 15.6 Å². The molecule has 0 aliphatic heterocycles. The van der Waals surface area contributed by atoms with Crippen molar-refractivity contribution in [3.05, 3.63) is 24.3 Å². The topological polar surface area (TPSA) is 87.7 Å². The normalized spacial score (nSPS) is 12.4. The van der Waals surface area contributed by atoms with Gasteiger partial charge in [0.15, 0.2) is 0 Å². The summed E-state index contributed by atoms with van der Waals surface area (Å²) in [6.07, 6.45) is -0.569. The lowest BCUT2D eigenvalue weighted by atomic mass is 10.3. The highest BCUT2D eigenvalue weighted by atomic mass is 16.5. The van der Waals surface area contributed by atoms with Crippen molar-refractivity contribution in [1.82, 2.24) is 5.32 Å². The molecular weight excluding hydrogens is 208 g/mol. The second-order valence-electron chi connectivity index (χ2n) is 3.45. The van der Waals surface area contributed by atoms with Crippen molar-refractivity contribution in [1.29, 1.82) is 0 Å². The largest absolute Gasteiger partial charge is 0.508 e. The number of nitrogens with one attached hydrogen (secondary N) is 1. The molecule has 0 radical (unpaired) electrons. The molecule has 1 aromatic carbocycles. The van der Waals surface area contributed by atoms with Crippen LogP contribution in [0.3, 0.4) is 0 Å². The monoisotopic (exact) mass is 226 g/mol. The summed E-state index contributed by atoms with van der Waals surface area (Å²) in [7, 11) is 0. The number of rotatable bonds is 7. The van der Waals surface area contributed by atoms with Gasteiger partial charge in [0.2, 0.25) is 0 Å². The fourth-order valence-corrected chi connectivity index (χ4v) is 1.16. The standard InChI is InChI=1S/C11H18N2O3/c12-5-6-13-7-10(15)8-16-11-3-1-9(14)2-4-11/h1-4,10,13-15H,5-8,12H2/t10-/m0/s1. The fraction of sp³-hybridized carbons (Fsp3) is 0.455. The Kier molecular flexibility index (Phi) is 5.63. The summed E-state index contributed by atoms with van der Waals surface area (Å²) in [5.41, 5.74) is 5.29. The first-order valence-electron chi connectivity index (χ1n) is 5.23. The third-order valence-corrected chi connectivity index (χ3v) is 1.98. The van der Waals surface area contributed by atoms with Crippen molar-refractivity contribution < 1.29 is 14.9 Å². The van der Waals surface area contributed by atoms with Gasteiger partial charge >= 0.3 is 0 Å². The molecule has 1 aromatic rings. The lowest BCUT2D eigenvalue weighted by molar-refractivity contribution is 0.107. The molecule has 16 heavy (non-hydrogen) atoms. The zero-order chi connectivity index (χ0) is 11.8. The van der Waals surface area contributed by atoms with E-state index in [1.165, 1.54) is 12.1 Å². The molecule has 90 valence electrons. The quantitative estimate of drug-likeness (QED) is 0.479. The molecule has 1 rings (SSSR count). The molecular formula is C11H18N2O3. The summed E-state index contributed by atoms with van der Waals surface area (Å²) < 4.78 is 5.32. The second kappa shape index (κ2) is 7.05. The summed E-state index contributed by atoms with van der Waals surface area (Å²) >= 11 is 0. The number of nitrogens with two attached hydrogens (primary N) is 1. The molecule has 0 saturated heterocycles. The van der Waals surface area contributed by atoms with Gasteiger partial charge in [-0.05, 0) is 24.3 Å². The average molecular weight is 226 g/mol. The predicted molar refractivity (Wildman–Crippen MR) is 61.5 cm³/mol. The van der Waals surface area contributed by atoms with Crippen LogP contribution < -0.4 is 15.8 Å². The summed E-state index contributed by atoms with van der Waals surface area (Å²) in [5.74, 6) is 0.813. The SMILES string of the molecule is NCCNC[C@H](O)COc1ccc(O)cc1. The highest BCUT2D eigenvalue weighted by Crippen LogP contribution is 2.15. The number of benzene rings is 1. The van der Waals surface area contributed by atoms with Gasteiger partial charge in [-0.25, -0.2) is 0 Å². The van der Waals surface area contributed by atoms with Crippen LogP contribution in [0, 0.1) is 0 Å². The van der Waals surface area contributed by atoms with E-state index in [1.54, 1.807) is 12.1 Å². The van der Waals surface area contributed by atoms with Crippen LogP contribution in [0.25, 0.3) is 0 Å². The molecule has 0 heterocycles. The minimum absolute atomic E-state index is 0.192. The summed E-state index contributed by atoms with van der Waals surface area (Å²) in [4.78, 5) is 0. The van der Waals surface area contributed by atoms with Gasteiger partial charge in [0, 0.05) is 19.6 Å². The Morgan fingerprint density at radius 3 is 2.62 bits per heavy atom. The van der Waals surface area contributed by atoms with Gasteiger partial charge in [-0.3, -0.25) is 0 Å². The summed E-state index contributed by atoms with van der Waals surface area (Å²) in [5, 5.41) is 21.5. The van der Waals surface area contributed by atoms with Crippen LogP contribution in [-0.2, 0) is 0 Å². The van der Waals surface area contributed by atoms with E-state index in [0.29, 0.717) is 25.4 Å². The molecule has 0 aromatic heterocycles. The first kappa shape index (κ1) is 12.8. The molecule has 0 saturated carbocycles.